The fourth-order valence-electron chi connectivity index (χ4n) is 4.25. The molecule has 0 aliphatic heterocycles. The molecule has 0 aromatic carbocycles. The Morgan fingerprint density at radius 1 is 1.24 bits per heavy atom. The maximum absolute atomic E-state index is 12.7. The van der Waals surface area contributed by atoms with Gasteiger partial charge in [-0.3, -0.25) is 14.8 Å². The molecule has 0 spiro atoms. The van der Waals surface area contributed by atoms with E-state index >= 15 is 0 Å². The number of rotatable bonds is 5. The van der Waals surface area contributed by atoms with E-state index < -0.39 is 5.69 Å². The van der Waals surface area contributed by atoms with Crippen LogP contribution < -0.4 is 21.7 Å². The minimum atomic E-state index is -0.500. The highest BCUT2D eigenvalue weighted by Crippen LogP contribution is 2.27. The SMILES string of the molecule is O=C(NC1CCCC1)c1ccc(-c2cc(=NC3CC3)n3nc/c(=C/c4[nH]c(=O)[nH]c4O)c3n2)s1. The van der Waals surface area contributed by atoms with Gasteiger partial charge in [-0.05, 0) is 43.9 Å². The topological polar surface area (TPSA) is 141 Å². The van der Waals surface area contributed by atoms with Crippen LogP contribution >= 0.6 is 11.3 Å². The highest BCUT2D eigenvalue weighted by atomic mass is 32.1. The van der Waals surface area contributed by atoms with Crippen molar-refractivity contribution < 1.29 is 9.90 Å². The van der Waals surface area contributed by atoms with Crippen LogP contribution in [0.3, 0.4) is 0 Å². The van der Waals surface area contributed by atoms with E-state index in [1.807, 2.05) is 18.2 Å². The summed E-state index contributed by atoms with van der Waals surface area (Å²) in [6, 6.07) is 6.17. The van der Waals surface area contributed by atoms with Gasteiger partial charge in [0.15, 0.2) is 11.1 Å². The van der Waals surface area contributed by atoms with Gasteiger partial charge in [0.2, 0.25) is 5.88 Å². The summed E-state index contributed by atoms with van der Waals surface area (Å²) in [4.78, 5) is 40.2. The van der Waals surface area contributed by atoms with E-state index in [-0.39, 0.29) is 29.6 Å². The second-order valence-electron chi connectivity index (χ2n) is 8.80. The van der Waals surface area contributed by atoms with Gasteiger partial charge in [0.25, 0.3) is 5.91 Å². The Kier molecular flexibility index (Phi) is 5.05. The largest absolute Gasteiger partial charge is 0.493 e. The van der Waals surface area contributed by atoms with Gasteiger partial charge < -0.3 is 15.4 Å². The molecular formula is C23H23N7O3S. The van der Waals surface area contributed by atoms with Crippen LogP contribution in [0.1, 0.15) is 53.9 Å². The van der Waals surface area contributed by atoms with Crippen molar-refractivity contribution in [1.29, 1.82) is 0 Å². The molecule has 1 amide bonds. The van der Waals surface area contributed by atoms with Crippen LogP contribution in [-0.2, 0) is 0 Å². The Hall–Kier alpha value is -3.73. The number of carbonyl (C=O) groups excluding carboxylic acids is 1. The summed E-state index contributed by atoms with van der Waals surface area (Å²) in [5, 5.41) is 18.1. The summed E-state index contributed by atoms with van der Waals surface area (Å²) in [5.41, 5.74) is 1.66. The molecule has 0 atom stereocenters. The summed E-state index contributed by atoms with van der Waals surface area (Å²) in [7, 11) is 0. The second-order valence-corrected chi connectivity index (χ2v) is 9.88. The van der Waals surface area contributed by atoms with E-state index in [9.17, 15) is 14.7 Å². The molecule has 2 aliphatic rings. The van der Waals surface area contributed by atoms with E-state index in [1.54, 1.807) is 16.8 Å². The van der Waals surface area contributed by atoms with E-state index in [4.69, 9.17) is 9.98 Å². The number of aromatic hydroxyl groups is 1. The van der Waals surface area contributed by atoms with Crippen molar-refractivity contribution in [2.24, 2.45) is 4.99 Å². The molecule has 6 rings (SSSR count). The molecule has 2 aliphatic carbocycles. The quantitative estimate of drug-likeness (QED) is 0.344. The van der Waals surface area contributed by atoms with Crippen LogP contribution in [0.2, 0.25) is 0 Å². The number of H-pyrrole nitrogens is 2. The van der Waals surface area contributed by atoms with E-state index in [1.165, 1.54) is 11.3 Å². The van der Waals surface area contributed by atoms with E-state index in [0.29, 0.717) is 26.9 Å². The molecule has 0 saturated heterocycles. The van der Waals surface area contributed by atoms with Crippen LogP contribution in [0.5, 0.6) is 5.88 Å². The molecule has 174 valence electrons. The van der Waals surface area contributed by atoms with Crippen molar-refractivity contribution in [3.63, 3.8) is 0 Å². The first-order valence-corrected chi connectivity index (χ1v) is 12.2. The normalized spacial score (nSPS) is 17.8. The molecule has 2 saturated carbocycles. The lowest BCUT2D eigenvalue weighted by molar-refractivity contribution is 0.0942. The number of aromatic nitrogens is 5. The minimum absolute atomic E-state index is 0.0441. The zero-order chi connectivity index (χ0) is 23.2. The van der Waals surface area contributed by atoms with Crippen molar-refractivity contribution in [2.75, 3.05) is 0 Å². The maximum atomic E-state index is 12.7. The van der Waals surface area contributed by atoms with Crippen LogP contribution in [0.4, 0.5) is 0 Å². The summed E-state index contributed by atoms with van der Waals surface area (Å²) >= 11 is 1.40. The highest BCUT2D eigenvalue weighted by Gasteiger charge is 2.22. The minimum Gasteiger partial charge on any atom is -0.493 e. The third kappa shape index (κ3) is 4.03. The van der Waals surface area contributed by atoms with Crippen molar-refractivity contribution >= 4 is 29.0 Å². The lowest BCUT2D eigenvalue weighted by Gasteiger charge is -2.10. The van der Waals surface area contributed by atoms with Crippen LogP contribution in [0.15, 0.2) is 34.2 Å². The van der Waals surface area contributed by atoms with Crippen LogP contribution in [0.25, 0.3) is 22.3 Å². The highest BCUT2D eigenvalue weighted by molar-refractivity contribution is 7.17. The second kappa shape index (κ2) is 8.24. The Bertz CT molecular complexity index is 1570. The van der Waals surface area contributed by atoms with Gasteiger partial charge >= 0.3 is 5.69 Å². The number of nitrogens with zero attached hydrogens (tertiary/aromatic N) is 4. The molecule has 34 heavy (non-hydrogen) atoms. The molecule has 2 fully saturated rings. The number of nitrogens with one attached hydrogen (secondary N) is 3. The van der Waals surface area contributed by atoms with Gasteiger partial charge in [0, 0.05) is 17.3 Å². The summed E-state index contributed by atoms with van der Waals surface area (Å²) in [6.07, 6.45) is 9.73. The van der Waals surface area contributed by atoms with Crippen LogP contribution in [0, 0.1) is 0 Å². The number of fused-ring (bicyclic) bond motifs is 1. The number of carbonyl (C=O) groups is 1. The third-order valence-corrected chi connectivity index (χ3v) is 7.26. The number of imidazole rings is 1. The zero-order valence-electron chi connectivity index (χ0n) is 18.2. The average Bonchev–Trinajstić information content (AvgIpc) is 3.24. The zero-order valence-corrected chi connectivity index (χ0v) is 19.1. The number of aromatic amines is 2. The summed E-state index contributed by atoms with van der Waals surface area (Å²) in [6.45, 7) is 0. The number of thiophene rings is 1. The molecule has 4 aromatic heterocycles. The molecule has 11 heteroatoms. The molecule has 0 unspecified atom stereocenters. The monoisotopic (exact) mass is 477 g/mol. The van der Waals surface area contributed by atoms with Gasteiger partial charge in [-0.25, -0.2) is 9.78 Å². The van der Waals surface area contributed by atoms with Crippen molar-refractivity contribution in [3.05, 3.63) is 56.2 Å². The summed E-state index contributed by atoms with van der Waals surface area (Å²) in [5.74, 6) is -0.294. The van der Waals surface area contributed by atoms with Gasteiger partial charge in [0.05, 0.1) is 27.7 Å². The first-order valence-electron chi connectivity index (χ1n) is 11.4. The Labute approximate surface area is 197 Å². The van der Waals surface area contributed by atoms with E-state index in [0.717, 1.165) is 43.4 Å². The first kappa shape index (κ1) is 20.8. The molecule has 0 bridgehead atoms. The van der Waals surface area contributed by atoms with Crippen molar-refractivity contribution in [3.8, 4) is 16.5 Å². The number of hydrogen-bond donors (Lipinski definition) is 4. The predicted molar refractivity (Wildman–Crippen MR) is 126 cm³/mol. The molecule has 10 nitrogen and oxygen atoms in total. The Morgan fingerprint density at radius 3 is 2.79 bits per heavy atom. The first-order chi connectivity index (χ1) is 16.5. The number of hydrogen-bond acceptors (Lipinski definition) is 7. The van der Waals surface area contributed by atoms with Gasteiger partial charge in [-0.1, -0.05) is 12.8 Å². The Balaban J connectivity index is 1.43. The standard InChI is InChI=1S/C23H23N7O3S/c31-21-16(28-23(33)29-21)9-12-11-24-30-19(25-14-5-6-14)10-15(27-20(12)30)17-7-8-18(34-17)22(32)26-13-3-1-2-4-13/h7-11,13-14,31H,1-6H2,(H,26,32)(H2,28,29,33)/b12-9-,25-19?. The lowest BCUT2D eigenvalue weighted by atomic mass is 10.2. The predicted octanol–water partition coefficient (Wildman–Crippen LogP) is 1.46. The molecule has 4 N–H and O–H groups in total. The average molecular weight is 478 g/mol. The maximum Gasteiger partial charge on any atom is 0.326 e. The van der Waals surface area contributed by atoms with Crippen molar-refractivity contribution in [2.45, 2.75) is 50.6 Å². The summed E-state index contributed by atoms with van der Waals surface area (Å²) < 4.78 is 1.66. The molecule has 4 aromatic rings. The Morgan fingerprint density at radius 2 is 2.06 bits per heavy atom. The molecular weight excluding hydrogens is 454 g/mol. The van der Waals surface area contributed by atoms with Gasteiger partial charge in [-0.15, -0.1) is 11.3 Å². The van der Waals surface area contributed by atoms with E-state index in [2.05, 4.69) is 20.4 Å². The van der Waals surface area contributed by atoms with Gasteiger partial charge in [0.1, 0.15) is 5.69 Å². The lowest BCUT2D eigenvalue weighted by Crippen LogP contribution is -2.31. The third-order valence-electron chi connectivity index (χ3n) is 6.15. The number of amides is 1. The fourth-order valence-corrected chi connectivity index (χ4v) is 5.12. The fraction of sp³-hybridized carbons (Fsp3) is 0.348. The smallest absolute Gasteiger partial charge is 0.326 e. The van der Waals surface area contributed by atoms with Gasteiger partial charge in [-0.2, -0.15) is 9.61 Å². The van der Waals surface area contributed by atoms with Crippen molar-refractivity contribution in [1.82, 2.24) is 29.9 Å². The molecule has 0 radical (unpaired) electrons. The molecule has 4 heterocycles. The van der Waals surface area contributed by atoms with Crippen LogP contribution in [-0.4, -0.2) is 47.7 Å².